The second kappa shape index (κ2) is 5.38. The Labute approximate surface area is 108 Å². The van der Waals surface area contributed by atoms with E-state index in [0.717, 1.165) is 24.6 Å². The Kier molecular flexibility index (Phi) is 3.85. The monoisotopic (exact) mass is 270 g/mol. The molecule has 0 aliphatic carbocycles. The van der Waals surface area contributed by atoms with Crippen LogP contribution in [0.3, 0.4) is 0 Å². The quantitative estimate of drug-likeness (QED) is 0.596. The zero-order chi connectivity index (χ0) is 13.1. The number of hydrogen-bond acceptors (Lipinski definition) is 5. The summed E-state index contributed by atoms with van der Waals surface area (Å²) >= 11 is 1.83. The molecule has 0 spiro atoms. The number of carbonyl (C=O) groups excluding carboxylic acids is 1. The summed E-state index contributed by atoms with van der Waals surface area (Å²) in [6.45, 7) is 3.28. The summed E-state index contributed by atoms with van der Waals surface area (Å²) in [5.41, 5.74) is 0. The number of rotatable bonds is 3. The van der Waals surface area contributed by atoms with Crippen LogP contribution in [0, 0.1) is 17.0 Å². The third-order valence-electron chi connectivity index (χ3n) is 2.82. The van der Waals surface area contributed by atoms with Crippen LogP contribution in [0.2, 0.25) is 0 Å². The van der Waals surface area contributed by atoms with Crippen LogP contribution < -0.4 is 0 Å². The molecule has 1 aliphatic rings. The predicted molar refractivity (Wildman–Crippen MR) is 67.5 cm³/mol. The van der Waals surface area contributed by atoms with Crippen molar-refractivity contribution in [2.24, 2.45) is 0 Å². The molecule has 1 aliphatic heterocycles. The molecule has 2 rings (SSSR count). The zero-order valence-electron chi connectivity index (χ0n) is 10.0. The van der Waals surface area contributed by atoms with E-state index >= 15 is 0 Å². The molecule has 1 aromatic heterocycles. The van der Waals surface area contributed by atoms with Gasteiger partial charge < -0.3 is 15.0 Å². The van der Waals surface area contributed by atoms with Gasteiger partial charge in [0.1, 0.15) is 12.7 Å². The fraction of sp³-hybridized carbons (Fsp3) is 0.600. The van der Waals surface area contributed by atoms with Gasteiger partial charge in [0.15, 0.2) is 0 Å². The number of imidazole rings is 1. The van der Waals surface area contributed by atoms with E-state index in [1.807, 2.05) is 11.8 Å². The van der Waals surface area contributed by atoms with Crippen molar-refractivity contribution in [2.75, 3.05) is 24.6 Å². The summed E-state index contributed by atoms with van der Waals surface area (Å²) in [4.78, 5) is 27.6. The third-order valence-corrected chi connectivity index (χ3v) is 3.76. The highest BCUT2D eigenvalue weighted by Gasteiger charge is 2.21. The minimum atomic E-state index is -0.550. The van der Waals surface area contributed by atoms with Gasteiger partial charge in [-0.2, -0.15) is 11.8 Å². The summed E-state index contributed by atoms with van der Waals surface area (Å²) in [6, 6.07) is 0. The minimum absolute atomic E-state index is 0.00861. The van der Waals surface area contributed by atoms with Gasteiger partial charge in [0.25, 0.3) is 0 Å². The number of aryl methyl sites for hydroxylation is 1. The summed E-state index contributed by atoms with van der Waals surface area (Å²) in [7, 11) is 0. The van der Waals surface area contributed by atoms with E-state index in [1.54, 1.807) is 11.8 Å². The van der Waals surface area contributed by atoms with E-state index in [-0.39, 0.29) is 18.3 Å². The lowest BCUT2D eigenvalue weighted by Crippen LogP contribution is -2.39. The van der Waals surface area contributed by atoms with Crippen LogP contribution in [-0.2, 0) is 11.3 Å². The molecule has 0 bridgehead atoms. The van der Waals surface area contributed by atoms with E-state index in [9.17, 15) is 14.9 Å². The van der Waals surface area contributed by atoms with E-state index in [0.29, 0.717) is 5.82 Å². The summed E-state index contributed by atoms with van der Waals surface area (Å²) in [5.74, 6) is 2.17. The molecule has 7 nitrogen and oxygen atoms in total. The van der Waals surface area contributed by atoms with Crippen molar-refractivity contribution in [3.63, 3.8) is 0 Å². The normalized spacial score (nSPS) is 15.7. The van der Waals surface area contributed by atoms with Crippen molar-refractivity contribution in [1.82, 2.24) is 14.5 Å². The molecule has 0 atom stereocenters. The van der Waals surface area contributed by atoms with E-state index in [1.165, 1.54) is 10.8 Å². The first-order valence-corrected chi connectivity index (χ1v) is 6.77. The van der Waals surface area contributed by atoms with Gasteiger partial charge in [-0.25, -0.2) is 0 Å². The zero-order valence-corrected chi connectivity index (χ0v) is 10.9. The standard InChI is InChI=1S/C10H14N4O3S/c1-8-11-9(14(16)17)6-13(8)7-10(15)12-2-4-18-5-3-12/h6H,2-5,7H2,1H3. The average Bonchev–Trinajstić information content (AvgIpc) is 2.72. The van der Waals surface area contributed by atoms with E-state index in [2.05, 4.69) is 4.98 Å². The first kappa shape index (κ1) is 12.9. The van der Waals surface area contributed by atoms with Gasteiger partial charge in [0, 0.05) is 31.5 Å². The maximum atomic E-state index is 12.0. The first-order valence-electron chi connectivity index (χ1n) is 5.61. The lowest BCUT2D eigenvalue weighted by Gasteiger charge is -2.26. The van der Waals surface area contributed by atoms with Gasteiger partial charge in [-0.1, -0.05) is 0 Å². The molecule has 0 unspecified atom stereocenters. The Morgan fingerprint density at radius 2 is 2.22 bits per heavy atom. The second-order valence-electron chi connectivity index (χ2n) is 4.02. The van der Waals surface area contributed by atoms with Crippen LogP contribution in [0.15, 0.2) is 6.20 Å². The number of carbonyl (C=O) groups is 1. The number of amides is 1. The fourth-order valence-electron chi connectivity index (χ4n) is 1.80. The first-order chi connectivity index (χ1) is 8.58. The molecule has 98 valence electrons. The Morgan fingerprint density at radius 1 is 1.56 bits per heavy atom. The molecule has 2 heterocycles. The van der Waals surface area contributed by atoms with Gasteiger partial charge in [0.05, 0.1) is 0 Å². The topological polar surface area (TPSA) is 81.3 Å². The lowest BCUT2D eigenvalue weighted by molar-refractivity contribution is -0.389. The molecular formula is C10H14N4O3S. The Morgan fingerprint density at radius 3 is 2.78 bits per heavy atom. The van der Waals surface area contributed by atoms with Gasteiger partial charge in [-0.15, -0.1) is 0 Å². The molecule has 1 saturated heterocycles. The summed E-state index contributed by atoms with van der Waals surface area (Å²) < 4.78 is 1.53. The molecule has 1 fully saturated rings. The van der Waals surface area contributed by atoms with Gasteiger partial charge >= 0.3 is 5.82 Å². The van der Waals surface area contributed by atoms with Crippen LogP contribution in [-0.4, -0.2) is 49.9 Å². The maximum absolute atomic E-state index is 12.0. The van der Waals surface area contributed by atoms with Gasteiger partial charge in [0.2, 0.25) is 11.7 Å². The van der Waals surface area contributed by atoms with Crippen molar-refractivity contribution >= 4 is 23.5 Å². The van der Waals surface area contributed by atoms with Crippen molar-refractivity contribution in [3.8, 4) is 0 Å². The van der Waals surface area contributed by atoms with Gasteiger partial charge in [-0.05, 0) is 9.91 Å². The number of nitro groups is 1. The average molecular weight is 270 g/mol. The highest BCUT2D eigenvalue weighted by molar-refractivity contribution is 7.99. The van der Waals surface area contributed by atoms with Crippen molar-refractivity contribution in [3.05, 3.63) is 22.1 Å². The largest absolute Gasteiger partial charge is 0.381 e. The van der Waals surface area contributed by atoms with Crippen molar-refractivity contribution in [1.29, 1.82) is 0 Å². The Balaban J connectivity index is 2.04. The van der Waals surface area contributed by atoms with Crippen LogP contribution in [0.1, 0.15) is 5.82 Å². The lowest BCUT2D eigenvalue weighted by atomic mass is 10.4. The van der Waals surface area contributed by atoms with Crippen LogP contribution in [0.4, 0.5) is 5.82 Å². The smallest absolute Gasteiger partial charge is 0.358 e. The van der Waals surface area contributed by atoms with Crippen molar-refractivity contribution in [2.45, 2.75) is 13.5 Å². The minimum Gasteiger partial charge on any atom is -0.358 e. The highest BCUT2D eigenvalue weighted by Crippen LogP contribution is 2.13. The third kappa shape index (κ3) is 2.81. The highest BCUT2D eigenvalue weighted by atomic mass is 32.2. The van der Waals surface area contributed by atoms with E-state index < -0.39 is 4.92 Å². The van der Waals surface area contributed by atoms with E-state index in [4.69, 9.17) is 0 Å². The van der Waals surface area contributed by atoms with Crippen LogP contribution >= 0.6 is 11.8 Å². The predicted octanol–water partition coefficient (Wildman–Crippen LogP) is 0.675. The number of nitrogens with zero attached hydrogens (tertiary/aromatic N) is 4. The maximum Gasteiger partial charge on any atom is 0.381 e. The van der Waals surface area contributed by atoms with Crippen molar-refractivity contribution < 1.29 is 9.72 Å². The van der Waals surface area contributed by atoms with Crippen LogP contribution in [0.25, 0.3) is 0 Å². The molecule has 0 N–H and O–H groups in total. The Bertz CT molecular complexity index is 468. The Hall–Kier alpha value is -1.57. The molecule has 1 amide bonds. The summed E-state index contributed by atoms with van der Waals surface area (Å²) in [5, 5.41) is 10.6. The molecule has 0 aromatic carbocycles. The molecule has 0 radical (unpaired) electrons. The summed E-state index contributed by atoms with van der Waals surface area (Å²) in [6.07, 6.45) is 1.31. The van der Waals surface area contributed by atoms with Gasteiger partial charge in [-0.3, -0.25) is 9.36 Å². The van der Waals surface area contributed by atoms with Crippen LogP contribution in [0.5, 0.6) is 0 Å². The number of aromatic nitrogens is 2. The molecular weight excluding hydrogens is 256 g/mol. The molecule has 18 heavy (non-hydrogen) atoms. The number of thioether (sulfide) groups is 1. The second-order valence-corrected chi connectivity index (χ2v) is 5.25. The molecule has 1 aromatic rings. The SMILES string of the molecule is Cc1nc([N+](=O)[O-])cn1CC(=O)N1CCSCC1. The molecule has 0 saturated carbocycles. The fourth-order valence-corrected chi connectivity index (χ4v) is 2.70. The molecule has 8 heteroatoms. The number of hydrogen-bond donors (Lipinski definition) is 0.